The number of rotatable bonds is 1. The van der Waals surface area contributed by atoms with E-state index in [9.17, 15) is 21.6 Å². The quantitative estimate of drug-likeness (QED) is 0.598. The second-order valence-electron chi connectivity index (χ2n) is 2.02. The van der Waals surface area contributed by atoms with E-state index in [0.29, 0.717) is 0 Å². The summed E-state index contributed by atoms with van der Waals surface area (Å²) in [4.78, 5) is -1.38. The molecule has 0 spiro atoms. The average Bonchev–Trinajstić information content (AvgIpc) is 2.34. The molecule has 1 aliphatic heterocycles. The van der Waals surface area contributed by atoms with E-state index in [1.165, 1.54) is 0 Å². The lowest BCUT2D eigenvalue weighted by molar-refractivity contribution is -0.0620. The summed E-state index contributed by atoms with van der Waals surface area (Å²) in [6.07, 6.45) is -6.32. The molecular formula is C4H3F3O4S2. The highest BCUT2D eigenvalue weighted by Crippen LogP contribution is 2.23. The Kier molecular flexibility index (Phi) is 3.22. The zero-order chi connectivity index (χ0) is 10.1. The Bertz CT molecular complexity index is 282. The molecule has 0 saturated carbocycles. The fourth-order valence-electron chi connectivity index (χ4n) is 0.671. The van der Waals surface area contributed by atoms with Gasteiger partial charge in [-0.1, -0.05) is 0 Å². The minimum Gasteiger partial charge on any atom is -0.265 e. The molecule has 0 radical (unpaired) electrons. The Balaban J connectivity index is 2.81. The van der Waals surface area contributed by atoms with Gasteiger partial charge in [-0.2, -0.15) is 17.4 Å². The minimum absolute atomic E-state index is 0.517. The summed E-state index contributed by atoms with van der Waals surface area (Å²) >= 11 is -2.90. The van der Waals surface area contributed by atoms with E-state index in [-0.39, 0.29) is 0 Å². The summed E-state index contributed by atoms with van der Waals surface area (Å²) in [5.74, 6) is 0. The summed E-state index contributed by atoms with van der Waals surface area (Å²) in [7, 11) is 0. The van der Waals surface area contributed by atoms with Gasteiger partial charge in [-0.15, -0.1) is 0 Å². The van der Waals surface area contributed by atoms with Crippen molar-refractivity contribution < 1.29 is 30.0 Å². The topological polar surface area (TPSA) is 52.6 Å². The molecule has 13 heavy (non-hydrogen) atoms. The molecule has 9 heteroatoms. The molecule has 76 valence electrons. The highest BCUT2D eigenvalue weighted by molar-refractivity contribution is 7.75. The van der Waals surface area contributed by atoms with E-state index in [0.717, 1.165) is 0 Å². The maximum absolute atomic E-state index is 12.0. The van der Waals surface area contributed by atoms with Crippen molar-refractivity contribution in [3.05, 3.63) is 0 Å². The lowest BCUT2D eigenvalue weighted by atomic mass is 10.2. The monoisotopic (exact) mass is 236 g/mol. The van der Waals surface area contributed by atoms with Crippen LogP contribution in [-0.4, -0.2) is 32.2 Å². The summed E-state index contributed by atoms with van der Waals surface area (Å²) in [6.45, 7) is -0.517. The van der Waals surface area contributed by atoms with Crippen molar-refractivity contribution in [3.8, 4) is 0 Å². The molecule has 0 aromatic carbocycles. The molecule has 1 rings (SSSR count). The van der Waals surface area contributed by atoms with Gasteiger partial charge in [0, 0.05) is 0 Å². The number of alkyl halides is 3. The Morgan fingerprint density at radius 2 is 2.15 bits per heavy atom. The van der Waals surface area contributed by atoms with Gasteiger partial charge in [-0.3, -0.25) is 8.37 Å². The van der Waals surface area contributed by atoms with E-state index >= 15 is 0 Å². The van der Waals surface area contributed by atoms with E-state index in [1.807, 2.05) is 0 Å². The van der Waals surface area contributed by atoms with E-state index < -0.39 is 46.4 Å². The highest BCUT2D eigenvalue weighted by Gasteiger charge is 2.44. The van der Waals surface area contributed by atoms with Crippen LogP contribution in [0.3, 0.4) is 0 Å². The molecule has 0 aromatic rings. The molecule has 0 aromatic heterocycles. The smallest absolute Gasteiger partial charge is 0.265 e. The van der Waals surface area contributed by atoms with Gasteiger partial charge in [0.2, 0.25) is 0 Å². The van der Waals surface area contributed by atoms with Crippen LogP contribution in [0.15, 0.2) is 0 Å². The van der Waals surface area contributed by atoms with Gasteiger partial charge < -0.3 is 0 Å². The van der Waals surface area contributed by atoms with Crippen LogP contribution in [0, 0.1) is 0 Å². The molecule has 2 atom stereocenters. The van der Waals surface area contributed by atoms with Crippen molar-refractivity contribution in [2.45, 2.75) is 12.3 Å². The standard InChI is InChI=1S/C4H3F3O4S2/c5-4(6,7)3(12-8)2-1-10-13(9)11-2/h2H,1H2. The lowest BCUT2D eigenvalue weighted by Crippen LogP contribution is -2.36. The maximum Gasteiger partial charge on any atom is 0.427 e. The SMILES string of the molecule is O=S=C(C1COS(=O)O1)C(F)(F)F. The maximum atomic E-state index is 12.0. The van der Waals surface area contributed by atoms with Crippen LogP contribution < -0.4 is 0 Å². The van der Waals surface area contributed by atoms with Crippen molar-refractivity contribution >= 4 is 27.5 Å². The third-order valence-corrected chi connectivity index (χ3v) is 2.56. The molecule has 0 N–H and O–H groups in total. The summed E-state index contributed by atoms with van der Waals surface area (Å²) in [5.41, 5.74) is 0. The predicted octanol–water partition coefficient (Wildman–Crippen LogP) is -0.0718. The summed E-state index contributed by atoms with van der Waals surface area (Å²) in [5, 5.41) is 0. The fourth-order valence-corrected chi connectivity index (χ4v) is 1.68. The molecule has 1 heterocycles. The normalized spacial score (nSPS) is 28.8. The van der Waals surface area contributed by atoms with Crippen molar-refractivity contribution in [3.63, 3.8) is 0 Å². The molecule has 0 bridgehead atoms. The Hall–Kier alpha value is -0.250. The van der Waals surface area contributed by atoms with Crippen LogP contribution in [0.1, 0.15) is 0 Å². The van der Waals surface area contributed by atoms with Gasteiger partial charge in [0.05, 0.1) is 6.61 Å². The van der Waals surface area contributed by atoms with Crippen LogP contribution in [0.5, 0.6) is 0 Å². The van der Waals surface area contributed by atoms with Gasteiger partial charge >= 0.3 is 17.5 Å². The van der Waals surface area contributed by atoms with Crippen LogP contribution in [0.2, 0.25) is 0 Å². The Labute approximate surface area is 77.0 Å². The van der Waals surface area contributed by atoms with Gasteiger partial charge in [-0.25, -0.2) is 4.21 Å². The molecule has 0 aliphatic carbocycles. The Morgan fingerprint density at radius 3 is 2.46 bits per heavy atom. The number of hydrogen-bond acceptors (Lipinski definition) is 4. The zero-order valence-electron chi connectivity index (χ0n) is 5.87. The fraction of sp³-hybridized carbons (Fsp3) is 0.750. The molecule has 0 amide bonds. The first-order valence-electron chi connectivity index (χ1n) is 2.91. The number of halogens is 3. The largest absolute Gasteiger partial charge is 0.427 e. The van der Waals surface area contributed by atoms with Gasteiger partial charge in [-0.05, 0) is 0 Å². The van der Waals surface area contributed by atoms with Crippen molar-refractivity contribution in [2.24, 2.45) is 0 Å². The second-order valence-corrected chi connectivity index (χ2v) is 3.46. The van der Waals surface area contributed by atoms with Crippen LogP contribution in [0.4, 0.5) is 13.2 Å². The molecule has 1 saturated heterocycles. The first kappa shape index (κ1) is 10.8. The first-order valence-corrected chi connectivity index (χ1v) is 4.65. The van der Waals surface area contributed by atoms with Crippen LogP contribution in [0.25, 0.3) is 0 Å². The molecular weight excluding hydrogens is 233 g/mol. The van der Waals surface area contributed by atoms with Crippen molar-refractivity contribution in [2.75, 3.05) is 6.61 Å². The minimum atomic E-state index is -4.75. The van der Waals surface area contributed by atoms with Gasteiger partial charge in [0.15, 0.2) is 4.86 Å². The summed E-state index contributed by atoms with van der Waals surface area (Å²) in [6, 6.07) is 0. The molecule has 1 aliphatic rings. The number of hydrogen-bond donors (Lipinski definition) is 0. The van der Waals surface area contributed by atoms with E-state index in [1.54, 1.807) is 0 Å². The third kappa shape index (κ3) is 2.59. The second kappa shape index (κ2) is 3.86. The Morgan fingerprint density at radius 1 is 1.54 bits per heavy atom. The van der Waals surface area contributed by atoms with Crippen LogP contribution in [-0.2, 0) is 31.0 Å². The van der Waals surface area contributed by atoms with E-state index in [2.05, 4.69) is 8.37 Å². The molecule has 2 unspecified atom stereocenters. The summed E-state index contributed by atoms with van der Waals surface area (Å²) < 4.78 is 64.9. The van der Waals surface area contributed by atoms with Gasteiger partial charge in [0.25, 0.3) is 0 Å². The average molecular weight is 236 g/mol. The van der Waals surface area contributed by atoms with Crippen LogP contribution >= 0.6 is 0 Å². The first-order chi connectivity index (χ1) is 5.95. The van der Waals surface area contributed by atoms with Gasteiger partial charge in [0.1, 0.15) is 17.4 Å². The molecule has 4 nitrogen and oxygen atoms in total. The predicted molar refractivity (Wildman–Crippen MR) is 38.2 cm³/mol. The van der Waals surface area contributed by atoms with Crippen molar-refractivity contribution in [1.29, 1.82) is 0 Å². The van der Waals surface area contributed by atoms with Crippen molar-refractivity contribution in [1.82, 2.24) is 0 Å². The van der Waals surface area contributed by atoms with E-state index in [4.69, 9.17) is 0 Å². The lowest BCUT2D eigenvalue weighted by Gasteiger charge is -2.09. The molecule has 1 fully saturated rings. The zero-order valence-corrected chi connectivity index (χ0v) is 7.50. The third-order valence-electron chi connectivity index (χ3n) is 1.17. The highest BCUT2D eigenvalue weighted by atomic mass is 32.2.